The van der Waals surface area contributed by atoms with Gasteiger partial charge in [-0.1, -0.05) is 42.0 Å². The molecule has 7 heteroatoms. The molecule has 144 valence electrons. The van der Waals surface area contributed by atoms with Crippen LogP contribution in [0.4, 0.5) is 5.69 Å². The summed E-state index contributed by atoms with van der Waals surface area (Å²) in [5.74, 6) is -1.31. The minimum Gasteiger partial charge on any atom is -0.477 e. The van der Waals surface area contributed by atoms with Crippen molar-refractivity contribution in [2.24, 2.45) is 0 Å². The Morgan fingerprint density at radius 1 is 1.14 bits per heavy atom. The summed E-state index contributed by atoms with van der Waals surface area (Å²) >= 11 is 0. The van der Waals surface area contributed by atoms with Gasteiger partial charge in [0, 0.05) is 6.20 Å². The number of rotatable bonds is 7. The van der Waals surface area contributed by atoms with Crippen LogP contribution in [0.1, 0.15) is 18.9 Å². The molecule has 0 radical (unpaired) electrons. The molecule has 1 N–H and O–H groups in total. The van der Waals surface area contributed by atoms with Crippen molar-refractivity contribution >= 4 is 21.7 Å². The lowest BCUT2D eigenvalue weighted by Gasteiger charge is -2.21. The van der Waals surface area contributed by atoms with Crippen LogP contribution in [0.2, 0.25) is 0 Å². The molecule has 0 saturated heterocycles. The Kier molecular flexibility index (Phi) is 6.74. The molecule has 0 aliphatic rings. The highest BCUT2D eigenvalue weighted by Crippen LogP contribution is 2.24. The van der Waals surface area contributed by atoms with E-state index in [1.54, 1.807) is 48.5 Å². The Morgan fingerprint density at radius 2 is 1.75 bits per heavy atom. The van der Waals surface area contributed by atoms with Gasteiger partial charge < -0.3 is 5.11 Å². The molecule has 0 heterocycles. The molecule has 0 aliphatic carbocycles. The van der Waals surface area contributed by atoms with E-state index in [-0.39, 0.29) is 16.9 Å². The van der Waals surface area contributed by atoms with Gasteiger partial charge in [0.25, 0.3) is 10.0 Å². The summed E-state index contributed by atoms with van der Waals surface area (Å²) in [6.07, 6.45) is 3.03. The fraction of sp³-hybridized carbons (Fsp3) is 0.143. The quantitative estimate of drug-likeness (QED) is 0.563. The number of nitrogens with zero attached hydrogens (tertiary/aromatic N) is 2. The predicted octanol–water partition coefficient (Wildman–Crippen LogP) is 4.02. The maximum Gasteiger partial charge on any atom is 0.346 e. The van der Waals surface area contributed by atoms with E-state index in [1.165, 1.54) is 31.3 Å². The zero-order valence-electron chi connectivity index (χ0n) is 15.5. The van der Waals surface area contributed by atoms with Crippen molar-refractivity contribution in [3.8, 4) is 6.07 Å². The minimum atomic E-state index is -3.86. The highest BCUT2D eigenvalue weighted by Gasteiger charge is 2.23. The van der Waals surface area contributed by atoms with E-state index in [4.69, 9.17) is 10.4 Å². The highest BCUT2D eigenvalue weighted by atomic mass is 32.2. The van der Waals surface area contributed by atoms with Crippen molar-refractivity contribution in [1.82, 2.24) is 0 Å². The summed E-state index contributed by atoms with van der Waals surface area (Å²) in [7, 11) is -3.86. The van der Waals surface area contributed by atoms with Crippen molar-refractivity contribution in [3.63, 3.8) is 0 Å². The van der Waals surface area contributed by atoms with Gasteiger partial charge in [0.1, 0.15) is 11.6 Å². The molecular formula is C21H20N2O4S. The van der Waals surface area contributed by atoms with Crippen molar-refractivity contribution in [1.29, 1.82) is 5.26 Å². The SMILES string of the molecule is C/C(C/C=C/N(c1ccccc1)S(=O)(=O)c1ccc(C)cc1)=C(/C#N)C(=O)O. The van der Waals surface area contributed by atoms with Gasteiger partial charge in [0.15, 0.2) is 0 Å². The summed E-state index contributed by atoms with van der Waals surface area (Å²) in [6, 6.07) is 16.7. The Balaban J connectivity index is 2.43. The molecule has 0 bridgehead atoms. The van der Waals surface area contributed by atoms with Crippen LogP contribution < -0.4 is 4.31 Å². The van der Waals surface area contributed by atoms with Gasteiger partial charge in [-0.3, -0.25) is 0 Å². The molecule has 0 fully saturated rings. The summed E-state index contributed by atoms with van der Waals surface area (Å²) in [5.41, 5.74) is 1.38. The summed E-state index contributed by atoms with van der Waals surface area (Å²) in [6.45, 7) is 3.40. The van der Waals surface area contributed by atoms with E-state index in [9.17, 15) is 13.2 Å². The minimum absolute atomic E-state index is 0.127. The zero-order chi connectivity index (χ0) is 20.7. The number of allylic oxidation sites excluding steroid dienone is 2. The number of para-hydroxylation sites is 1. The van der Waals surface area contributed by atoms with Gasteiger partial charge in [-0.05, 0) is 50.1 Å². The van der Waals surface area contributed by atoms with Crippen molar-refractivity contribution < 1.29 is 18.3 Å². The fourth-order valence-corrected chi connectivity index (χ4v) is 3.81. The van der Waals surface area contributed by atoms with E-state index >= 15 is 0 Å². The molecule has 0 amide bonds. The number of carbonyl (C=O) groups is 1. The molecule has 0 atom stereocenters. The van der Waals surface area contributed by atoms with Gasteiger partial charge in [-0.25, -0.2) is 17.5 Å². The first-order valence-corrected chi connectivity index (χ1v) is 9.87. The van der Waals surface area contributed by atoms with Crippen LogP contribution in [0.25, 0.3) is 0 Å². The van der Waals surface area contributed by atoms with E-state index in [1.807, 2.05) is 6.92 Å². The molecule has 0 aromatic heterocycles. The lowest BCUT2D eigenvalue weighted by atomic mass is 10.1. The molecule has 2 aromatic carbocycles. The second kappa shape index (κ2) is 9.02. The second-order valence-corrected chi connectivity index (χ2v) is 7.93. The number of anilines is 1. The van der Waals surface area contributed by atoms with Crippen LogP contribution in [0.3, 0.4) is 0 Å². The number of sulfonamides is 1. The molecule has 6 nitrogen and oxygen atoms in total. The molecule has 0 spiro atoms. The molecule has 2 rings (SSSR count). The van der Waals surface area contributed by atoms with E-state index in [0.29, 0.717) is 11.3 Å². The maximum atomic E-state index is 13.1. The molecule has 0 saturated carbocycles. The van der Waals surface area contributed by atoms with Gasteiger partial charge in [-0.2, -0.15) is 5.26 Å². The monoisotopic (exact) mass is 396 g/mol. The summed E-state index contributed by atoms with van der Waals surface area (Å²) in [5, 5.41) is 18.0. The van der Waals surface area contributed by atoms with Gasteiger partial charge >= 0.3 is 5.97 Å². The summed E-state index contributed by atoms with van der Waals surface area (Å²) < 4.78 is 27.4. The number of aliphatic carboxylic acids is 1. The smallest absolute Gasteiger partial charge is 0.346 e. The molecule has 0 aliphatic heterocycles. The Labute approximate surface area is 164 Å². The van der Waals surface area contributed by atoms with Gasteiger partial charge in [0.2, 0.25) is 0 Å². The first-order valence-electron chi connectivity index (χ1n) is 8.43. The van der Waals surface area contributed by atoms with Gasteiger partial charge in [0.05, 0.1) is 10.6 Å². The van der Waals surface area contributed by atoms with E-state index in [2.05, 4.69) is 0 Å². The summed E-state index contributed by atoms with van der Waals surface area (Å²) in [4.78, 5) is 11.2. The number of benzene rings is 2. The highest BCUT2D eigenvalue weighted by molar-refractivity contribution is 7.93. The van der Waals surface area contributed by atoms with Crippen molar-refractivity contribution in [3.05, 3.63) is 83.6 Å². The Bertz CT molecular complexity index is 1050. The number of nitriles is 1. The van der Waals surface area contributed by atoms with Crippen LogP contribution in [0, 0.1) is 18.3 Å². The third-order valence-electron chi connectivity index (χ3n) is 4.01. The van der Waals surface area contributed by atoms with Crippen molar-refractivity contribution in [2.75, 3.05) is 4.31 Å². The number of hydrogen-bond donors (Lipinski definition) is 1. The molecule has 0 unspecified atom stereocenters. The average molecular weight is 396 g/mol. The Hall–Kier alpha value is -3.37. The lowest BCUT2D eigenvalue weighted by Crippen LogP contribution is -2.25. The first-order chi connectivity index (χ1) is 13.3. The van der Waals surface area contributed by atoms with Crippen LogP contribution >= 0.6 is 0 Å². The normalized spacial score (nSPS) is 12.3. The molecule has 28 heavy (non-hydrogen) atoms. The average Bonchev–Trinajstić information content (AvgIpc) is 2.66. The van der Waals surface area contributed by atoms with Crippen molar-refractivity contribution in [2.45, 2.75) is 25.2 Å². The zero-order valence-corrected chi connectivity index (χ0v) is 16.3. The maximum absolute atomic E-state index is 13.1. The van der Waals surface area contributed by atoms with Crippen LogP contribution in [0.15, 0.2) is 82.9 Å². The number of aryl methyl sites for hydroxylation is 1. The fourth-order valence-electron chi connectivity index (χ4n) is 2.46. The first kappa shape index (κ1) is 20.9. The lowest BCUT2D eigenvalue weighted by molar-refractivity contribution is -0.132. The third kappa shape index (κ3) is 4.87. The Morgan fingerprint density at radius 3 is 2.29 bits per heavy atom. The number of hydrogen-bond acceptors (Lipinski definition) is 4. The molecular weight excluding hydrogens is 376 g/mol. The van der Waals surface area contributed by atoms with Crippen LogP contribution in [-0.2, 0) is 14.8 Å². The topological polar surface area (TPSA) is 98.5 Å². The number of carboxylic acids is 1. The predicted molar refractivity (Wildman–Crippen MR) is 107 cm³/mol. The van der Waals surface area contributed by atoms with Gasteiger partial charge in [-0.15, -0.1) is 0 Å². The van der Waals surface area contributed by atoms with E-state index in [0.717, 1.165) is 9.87 Å². The van der Waals surface area contributed by atoms with Crippen LogP contribution in [-0.4, -0.2) is 19.5 Å². The third-order valence-corrected chi connectivity index (χ3v) is 5.72. The number of carboxylic acid groups (broad SMARTS) is 1. The largest absolute Gasteiger partial charge is 0.477 e. The van der Waals surface area contributed by atoms with Crippen LogP contribution in [0.5, 0.6) is 0 Å². The second-order valence-electron chi connectivity index (χ2n) is 6.11. The standard InChI is InChI=1S/C21H20N2O4S/c1-16-10-12-19(13-11-16)28(26,27)23(18-8-4-3-5-9-18)14-6-7-17(2)20(15-22)21(24)25/h3-6,8-14H,7H2,1-2H3,(H,24,25)/b14-6+,20-17+. The van der Waals surface area contributed by atoms with E-state index < -0.39 is 16.0 Å². The molecule has 2 aromatic rings.